The molecule has 0 radical (unpaired) electrons. The van der Waals surface area contributed by atoms with Crippen molar-refractivity contribution in [1.82, 2.24) is 19.9 Å². The number of carbonyl (C=O) groups excluding carboxylic acids is 1. The van der Waals surface area contributed by atoms with E-state index < -0.39 is 0 Å². The summed E-state index contributed by atoms with van der Waals surface area (Å²) in [5.74, 6) is 0.495. The number of hydrogen-bond acceptors (Lipinski definition) is 4. The first kappa shape index (κ1) is 15.8. The van der Waals surface area contributed by atoms with Crippen molar-refractivity contribution in [3.63, 3.8) is 0 Å². The van der Waals surface area contributed by atoms with Crippen molar-refractivity contribution in [2.45, 2.75) is 13.5 Å². The van der Waals surface area contributed by atoms with Crippen LogP contribution in [-0.2, 0) is 11.3 Å². The molecular weight excluding hydrogens is 308 g/mol. The largest absolute Gasteiger partial charge is 0.493 e. The van der Waals surface area contributed by atoms with Crippen LogP contribution < -0.4 is 15.7 Å². The van der Waals surface area contributed by atoms with Gasteiger partial charge in [-0.05, 0) is 19.1 Å². The highest BCUT2D eigenvalue weighted by Crippen LogP contribution is 2.30. The predicted molar refractivity (Wildman–Crippen MR) is 91.0 cm³/mol. The number of carbonyl (C=O) groups is 1. The Morgan fingerprint density at radius 3 is 2.92 bits per heavy atom. The standard InChI is InChI=1S/C17H18N4O3/c1-3-24-14-7-5-4-6-12(14)11-8-13-16(19-9-11)20-17(23)21(13)10-15(22)18-2/h4-9H,3,10H2,1-2H3,(H,18,22)(H,19,20,23). The zero-order valence-electron chi connectivity index (χ0n) is 13.5. The number of aromatic amines is 1. The van der Waals surface area contributed by atoms with E-state index in [1.165, 1.54) is 11.6 Å². The van der Waals surface area contributed by atoms with Crippen LogP contribution in [-0.4, -0.2) is 34.1 Å². The number of nitrogens with one attached hydrogen (secondary N) is 2. The molecule has 0 unspecified atom stereocenters. The second-order valence-corrected chi connectivity index (χ2v) is 5.21. The SMILES string of the molecule is CCOc1ccccc1-c1cnc2[nH]c(=O)n(CC(=O)NC)c2c1. The quantitative estimate of drug-likeness (QED) is 0.744. The van der Waals surface area contributed by atoms with E-state index in [-0.39, 0.29) is 18.1 Å². The van der Waals surface area contributed by atoms with Gasteiger partial charge in [-0.25, -0.2) is 9.78 Å². The smallest absolute Gasteiger partial charge is 0.328 e. The van der Waals surface area contributed by atoms with Gasteiger partial charge in [-0.2, -0.15) is 0 Å². The lowest BCUT2D eigenvalue weighted by molar-refractivity contribution is -0.121. The van der Waals surface area contributed by atoms with E-state index in [2.05, 4.69) is 15.3 Å². The highest BCUT2D eigenvalue weighted by Gasteiger charge is 2.13. The number of nitrogens with zero attached hydrogens (tertiary/aromatic N) is 2. The molecule has 3 aromatic rings. The van der Waals surface area contributed by atoms with Crippen LogP contribution in [0.4, 0.5) is 0 Å². The van der Waals surface area contributed by atoms with Crippen LogP contribution >= 0.6 is 0 Å². The summed E-state index contributed by atoms with van der Waals surface area (Å²) in [6, 6.07) is 9.47. The molecule has 0 aliphatic heterocycles. The third kappa shape index (κ3) is 2.88. The number of amides is 1. The first-order valence-electron chi connectivity index (χ1n) is 7.65. The molecule has 0 spiro atoms. The molecule has 124 valence electrons. The van der Waals surface area contributed by atoms with Crippen LogP contribution in [0.2, 0.25) is 0 Å². The van der Waals surface area contributed by atoms with Crippen LogP contribution in [0, 0.1) is 0 Å². The van der Waals surface area contributed by atoms with E-state index in [1.807, 2.05) is 37.3 Å². The van der Waals surface area contributed by atoms with E-state index in [1.54, 1.807) is 6.20 Å². The Kier molecular flexibility index (Phi) is 4.33. The average molecular weight is 326 g/mol. The number of fused-ring (bicyclic) bond motifs is 1. The molecule has 24 heavy (non-hydrogen) atoms. The molecule has 0 bridgehead atoms. The van der Waals surface area contributed by atoms with Gasteiger partial charge in [0.05, 0.1) is 12.1 Å². The van der Waals surface area contributed by atoms with Gasteiger partial charge in [-0.15, -0.1) is 0 Å². The third-order valence-corrected chi connectivity index (χ3v) is 3.71. The second-order valence-electron chi connectivity index (χ2n) is 5.21. The molecule has 7 nitrogen and oxygen atoms in total. The molecule has 0 atom stereocenters. The number of aromatic nitrogens is 3. The van der Waals surface area contributed by atoms with Crippen LogP contribution in [0.1, 0.15) is 6.92 Å². The van der Waals surface area contributed by atoms with Crippen molar-refractivity contribution < 1.29 is 9.53 Å². The highest BCUT2D eigenvalue weighted by molar-refractivity contribution is 5.82. The molecule has 3 rings (SSSR count). The van der Waals surface area contributed by atoms with Gasteiger partial charge in [-0.1, -0.05) is 18.2 Å². The topological polar surface area (TPSA) is 89.0 Å². The van der Waals surface area contributed by atoms with Gasteiger partial charge in [0.1, 0.15) is 12.3 Å². The molecule has 0 saturated heterocycles. The van der Waals surface area contributed by atoms with Gasteiger partial charge in [0, 0.05) is 24.4 Å². The zero-order valence-corrected chi connectivity index (χ0v) is 13.5. The number of benzene rings is 1. The molecule has 0 saturated carbocycles. The summed E-state index contributed by atoms with van der Waals surface area (Å²) >= 11 is 0. The number of imidazole rings is 1. The van der Waals surface area contributed by atoms with Crippen LogP contribution in [0.25, 0.3) is 22.3 Å². The van der Waals surface area contributed by atoms with Crippen molar-refractivity contribution in [2.75, 3.05) is 13.7 Å². The molecule has 2 N–H and O–H groups in total. The number of H-pyrrole nitrogens is 1. The molecule has 0 aliphatic rings. The Morgan fingerprint density at radius 2 is 2.17 bits per heavy atom. The lowest BCUT2D eigenvalue weighted by atomic mass is 10.1. The van der Waals surface area contributed by atoms with E-state index in [9.17, 15) is 9.59 Å². The fourth-order valence-corrected chi connectivity index (χ4v) is 2.55. The lowest BCUT2D eigenvalue weighted by Gasteiger charge is -2.10. The summed E-state index contributed by atoms with van der Waals surface area (Å²) in [7, 11) is 1.53. The molecule has 0 aliphatic carbocycles. The minimum Gasteiger partial charge on any atom is -0.493 e. The van der Waals surface area contributed by atoms with Gasteiger partial charge in [0.25, 0.3) is 0 Å². The molecule has 7 heteroatoms. The van der Waals surface area contributed by atoms with Crippen LogP contribution in [0.3, 0.4) is 0 Å². The van der Waals surface area contributed by atoms with E-state index in [4.69, 9.17) is 4.74 Å². The Bertz CT molecular complexity index is 942. The monoisotopic (exact) mass is 326 g/mol. The minimum atomic E-state index is -0.364. The fourth-order valence-electron chi connectivity index (χ4n) is 2.55. The zero-order chi connectivity index (χ0) is 17.1. The van der Waals surface area contributed by atoms with Crippen LogP contribution in [0.15, 0.2) is 41.3 Å². The maximum Gasteiger partial charge on any atom is 0.328 e. The normalized spacial score (nSPS) is 10.8. The van der Waals surface area contributed by atoms with Crippen molar-refractivity contribution in [1.29, 1.82) is 0 Å². The molecule has 1 amide bonds. The Hall–Kier alpha value is -3.09. The van der Waals surface area contributed by atoms with Crippen LogP contribution in [0.5, 0.6) is 5.75 Å². The summed E-state index contributed by atoms with van der Waals surface area (Å²) in [6.07, 6.45) is 1.68. The second kappa shape index (κ2) is 6.57. The summed E-state index contributed by atoms with van der Waals surface area (Å²) in [4.78, 5) is 30.7. The fraction of sp³-hybridized carbons (Fsp3) is 0.235. The highest BCUT2D eigenvalue weighted by atomic mass is 16.5. The summed E-state index contributed by atoms with van der Waals surface area (Å²) < 4.78 is 7.02. The molecule has 1 aromatic carbocycles. The van der Waals surface area contributed by atoms with Gasteiger partial charge < -0.3 is 10.1 Å². The molecule has 2 aromatic heterocycles. The van der Waals surface area contributed by atoms with Crippen molar-refractivity contribution in [3.05, 3.63) is 47.0 Å². The predicted octanol–water partition coefficient (Wildman–Crippen LogP) is 1.54. The first-order valence-corrected chi connectivity index (χ1v) is 7.65. The van der Waals surface area contributed by atoms with Gasteiger partial charge in [0.2, 0.25) is 5.91 Å². The minimum absolute atomic E-state index is 0.0619. The number of pyridine rings is 1. The van der Waals surface area contributed by atoms with E-state index >= 15 is 0 Å². The van der Waals surface area contributed by atoms with Gasteiger partial charge >= 0.3 is 5.69 Å². The first-order chi connectivity index (χ1) is 11.6. The summed E-state index contributed by atoms with van der Waals surface area (Å²) in [6.45, 7) is 2.41. The van der Waals surface area contributed by atoms with Crippen molar-refractivity contribution in [2.24, 2.45) is 0 Å². The molecule has 2 heterocycles. The van der Waals surface area contributed by atoms with Crippen molar-refractivity contribution in [3.8, 4) is 16.9 Å². The molecule has 0 fully saturated rings. The van der Waals surface area contributed by atoms with E-state index in [0.29, 0.717) is 17.8 Å². The number of para-hydroxylation sites is 1. The van der Waals surface area contributed by atoms with Crippen molar-refractivity contribution >= 4 is 17.1 Å². The maximum absolute atomic E-state index is 12.1. The van der Waals surface area contributed by atoms with Gasteiger partial charge in [0.15, 0.2) is 5.65 Å². The third-order valence-electron chi connectivity index (χ3n) is 3.71. The maximum atomic E-state index is 12.1. The Morgan fingerprint density at radius 1 is 1.38 bits per heavy atom. The summed E-state index contributed by atoms with van der Waals surface area (Å²) in [5, 5.41) is 2.51. The molecular formula is C17H18N4O3. The number of rotatable bonds is 5. The average Bonchev–Trinajstić information content (AvgIpc) is 2.90. The van der Waals surface area contributed by atoms with E-state index in [0.717, 1.165) is 16.9 Å². The Balaban J connectivity index is 2.13. The number of ether oxygens (including phenoxy) is 1. The number of hydrogen-bond donors (Lipinski definition) is 2. The Labute approximate surface area is 138 Å². The lowest BCUT2D eigenvalue weighted by Crippen LogP contribution is -2.28. The van der Waals surface area contributed by atoms with Gasteiger partial charge in [-0.3, -0.25) is 14.3 Å². The number of likely N-dealkylation sites (N-methyl/N-ethyl adjacent to an activating group) is 1. The summed E-state index contributed by atoms with van der Waals surface area (Å²) in [5.41, 5.74) is 2.36.